The van der Waals surface area contributed by atoms with E-state index in [1.54, 1.807) is 20.5 Å². The molecule has 0 spiro atoms. The second kappa shape index (κ2) is 8.34. The minimum absolute atomic E-state index is 0.751. The Morgan fingerprint density at radius 2 is 1.71 bits per heavy atom. The van der Waals surface area contributed by atoms with Crippen molar-refractivity contribution in [3.8, 4) is 11.5 Å². The van der Waals surface area contributed by atoms with E-state index in [4.69, 9.17) is 13.9 Å². The summed E-state index contributed by atoms with van der Waals surface area (Å²) in [5, 5.41) is 6.70. The molecule has 0 radical (unpaired) electrons. The molecule has 5 heteroatoms. The summed E-state index contributed by atoms with van der Waals surface area (Å²) in [5.74, 6) is 2.46. The molecule has 2 N–H and O–H groups in total. The van der Waals surface area contributed by atoms with Gasteiger partial charge < -0.3 is 24.5 Å². The van der Waals surface area contributed by atoms with Crippen LogP contribution < -0.4 is 20.1 Å². The van der Waals surface area contributed by atoms with Crippen LogP contribution in [0.3, 0.4) is 0 Å². The van der Waals surface area contributed by atoms with E-state index < -0.39 is 0 Å². The number of methoxy groups -OCH3 is 2. The van der Waals surface area contributed by atoms with Gasteiger partial charge in [0.15, 0.2) is 11.5 Å². The van der Waals surface area contributed by atoms with Gasteiger partial charge in [0.2, 0.25) is 0 Å². The average Bonchev–Trinajstić information content (AvgIpc) is 3.03. The molecule has 1 aromatic heterocycles. The highest BCUT2D eigenvalue weighted by atomic mass is 16.5. The van der Waals surface area contributed by atoms with Crippen molar-refractivity contribution in [2.24, 2.45) is 0 Å². The Bertz CT molecular complexity index is 526. The zero-order valence-electron chi connectivity index (χ0n) is 12.5. The van der Waals surface area contributed by atoms with Crippen LogP contribution in [0.25, 0.3) is 0 Å². The Morgan fingerprint density at radius 1 is 0.952 bits per heavy atom. The maximum Gasteiger partial charge on any atom is 0.161 e. The number of furan rings is 1. The van der Waals surface area contributed by atoms with Gasteiger partial charge in [-0.3, -0.25) is 0 Å². The molecule has 0 saturated heterocycles. The molecule has 5 nitrogen and oxygen atoms in total. The number of benzene rings is 1. The molecule has 0 unspecified atom stereocenters. The van der Waals surface area contributed by atoms with Gasteiger partial charge in [0.05, 0.1) is 27.0 Å². The summed E-state index contributed by atoms with van der Waals surface area (Å²) in [7, 11) is 3.29. The molecule has 2 rings (SSSR count). The topological polar surface area (TPSA) is 55.7 Å². The Balaban J connectivity index is 1.66. The molecule has 1 aromatic carbocycles. The Kier molecular flexibility index (Phi) is 6.12. The summed E-state index contributed by atoms with van der Waals surface area (Å²) >= 11 is 0. The fraction of sp³-hybridized carbons (Fsp3) is 0.375. The van der Waals surface area contributed by atoms with E-state index >= 15 is 0 Å². The molecule has 1 heterocycles. The molecule has 0 fully saturated rings. The largest absolute Gasteiger partial charge is 0.493 e. The van der Waals surface area contributed by atoms with Gasteiger partial charge in [-0.25, -0.2) is 0 Å². The first-order valence-corrected chi connectivity index (χ1v) is 6.98. The summed E-state index contributed by atoms with van der Waals surface area (Å²) in [6.07, 6.45) is 1.69. The predicted octanol–water partition coefficient (Wildman–Crippen LogP) is 2.18. The smallest absolute Gasteiger partial charge is 0.161 e. The van der Waals surface area contributed by atoms with E-state index in [2.05, 4.69) is 10.6 Å². The predicted molar refractivity (Wildman–Crippen MR) is 81.7 cm³/mol. The molecular weight excluding hydrogens is 268 g/mol. The normalized spacial score (nSPS) is 10.6. The molecule has 0 aliphatic rings. The molecule has 2 aromatic rings. The van der Waals surface area contributed by atoms with Crippen molar-refractivity contribution >= 4 is 0 Å². The van der Waals surface area contributed by atoms with E-state index in [1.807, 2.05) is 30.3 Å². The highest BCUT2D eigenvalue weighted by Crippen LogP contribution is 2.27. The number of ether oxygens (including phenoxy) is 2. The number of hydrogen-bond acceptors (Lipinski definition) is 5. The van der Waals surface area contributed by atoms with Crippen molar-refractivity contribution < 1.29 is 13.9 Å². The van der Waals surface area contributed by atoms with Crippen molar-refractivity contribution in [1.29, 1.82) is 0 Å². The van der Waals surface area contributed by atoms with E-state index in [1.165, 1.54) is 5.56 Å². The lowest BCUT2D eigenvalue weighted by Gasteiger charge is -2.10. The number of rotatable bonds is 9. The van der Waals surface area contributed by atoms with Gasteiger partial charge in [-0.1, -0.05) is 6.07 Å². The van der Waals surface area contributed by atoms with Crippen LogP contribution in [0.1, 0.15) is 11.3 Å². The fourth-order valence-corrected chi connectivity index (χ4v) is 2.02. The average molecular weight is 290 g/mol. The van der Waals surface area contributed by atoms with Gasteiger partial charge in [0, 0.05) is 19.6 Å². The van der Waals surface area contributed by atoms with E-state index in [0.29, 0.717) is 0 Å². The van der Waals surface area contributed by atoms with Gasteiger partial charge in [-0.15, -0.1) is 0 Å². The second-order valence-corrected chi connectivity index (χ2v) is 4.62. The monoisotopic (exact) mass is 290 g/mol. The van der Waals surface area contributed by atoms with Crippen molar-refractivity contribution in [1.82, 2.24) is 10.6 Å². The second-order valence-electron chi connectivity index (χ2n) is 4.62. The van der Waals surface area contributed by atoms with Crippen LogP contribution in [0.4, 0.5) is 0 Å². The third-order valence-electron chi connectivity index (χ3n) is 3.13. The van der Waals surface area contributed by atoms with Gasteiger partial charge in [0.25, 0.3) is 0 Å². The van der Waals surface area contributed by atoms with Gasteiger partial charge in [0.1, 0.15) is 5.76 Å². The van der Waals surface area contributed by atoms with Crippen LogP contribution in [-0.2, 0) is 13.1 Å². The summed E-state index contributed by atoms with van der Waals surface area (Å²) in [5.41, 5.74) is 1.17. The van der Waals surface area contributed by atoms with Crippen molar-refractivity contribution in [2.45, 2.75) is 13.1 Å². The first-order chi connectivity index (χ1) is 10.3. The lowest BCUT2D eigenvalue weighted by atomic mass is 10.2. The highest BCUT2D eigenvalue weighted by molar-refractivity contribution is 5.42. The lowest BCUT2D eigenvalue weighted by Crippen LogP contribution is -2.26. The quantitative estimate of drug-likeness (QED) is 0.693. The van der Waals surface area contributed by atoms with Crippen molar-refractivity contribution in [3.63, 3.8) is 0 Å². The Hall–Kier alpha value is -1.98. The molecular formula is C16H22N2O3. The molecule has 0 saturated carbocycles. The highest BCUT2D eigenvalue weighted by Gasteiger charge is 2.04. The maximum atomic E-state index is 5.29. The maximum absolute atomic E-state index is 5.29. The first-order valence-electron chi connectivity index (χ1n) is 6.98. The van der Waals surface area contributed by atoms with Gasteiger partial charge in [-0.2, -0.15) is 0 Å². The van der Waals surface area contributed by atoms with Crippen LogP contribution in [0.5, 0.6) is 11.5 Å². The van der Waals surface area contributed by atoms with Crippen LogP contribution in [0.2, 0.25) is 0 Å². The van der Waals surface area contributed by atoms with Crippen LogP contribution in [0, 0.1) is 0 Å². The molecule has 114 valence electrons. The van der Waals surface area contributed by atoms with Crippen LogP contribution >= 0.6 is 0 Å². The Morgan fingerprint density at radius 3 is 2.38 bits per heavy atom. The third kappa shape index (κ3) is 4.81. The van der Waals surface area contributed by atoms with Crippen molar-refractivity contribution in [2.75, 3.05) is 27.3 Å². The van der Waals surface area contributed by atoms with E-state index in [9.17, 15) is 0 Å². The van der Waals surface area contributed by atoms with Crippen LogP contribution in [0.15, 0.2) is 41.0 Å². The molecule has 0 amide bonds. The minimum atomic E-state index is 0.751. The molecule has 0 aliphatic heterocycles. The minimum Gasteiger partial charge on any atom is -0.493 e. The molecule has 0 bridgehead atoms. The SMILES string of the molecule is COc1ccc(CNCCNCc2ccco2)cc1OC. The van der Waals surface area contributed by atoms with Crippen LogP contribution in [-0.4, -0.2) is 27.3 Å². The number of nitrogens with one attached hydrogen (secondary N) is 2. The van der Waals surface area contributed by atoms with E-state index in [0.717, 1.165) is 43.4 Å². The number of hydrogen-bond donors (Lipinski definition) is 2. The third-order valence-corrected chi connectivity index (χ3v) is 3.13. The summed E-state index contributed by atoms with van der Waals surface area (Å²) in [6, 6.07) is 9.80. The molecule has 0 atom stereocenters. The summed E-state index contributed by atoms with van der Waals surface area (Å²) in [4.78, 5) is 0. The zero-order valence-corrected chi connectivity index (χ0v) is 12.5. The zero-order chi connectivity index (χ0) is 14.9. The molecule has 0 aliphatic carbocycles. The summed E-state index contributed by atoms with van der Waals surface area (Å²) in [6.45, 7) is 3.32. The van der Waals surface area contributed by atoms with Crippen molar-refractivity contribution in [3.05, 3.63) is 47.9 Å². The first kappa shape index (κ1) is 15.4. The standard InChI is InChI=1S/C16H22N2O3/c1-19-15-6-5-13(10-16(15)20-2)11-17-7-8-18-12-14-4-3-9-21-14/h3-6,9-10,17-18H,7-8,11-12H2,1-2H3. The Labute approximate surface area is 125 Å². The molecule has 21 heavy (non-hydrogen) atoms. The summed E-state index contributed by atoms with van der Waals surface area (Å²) < 4.78 is 15.8. The lowest BCUT2D eigenvalue weighted by molar-refractivity contribution is 0.354. The van der Waals surface area contributed by atoms with Gasteiger partial charge in [-0.05, 0) is 29.8 Å². The van der Waals surface area contributed by atoms with Gasteiger partial charge >= 0.3 is 0 Å². The fourth-order valence-electron chi connectivity index (χ4n) is 2.02. The van der Waals surface area contributed by atoms with E-state index in [-0.39, 0.29) is 0 Å².